The third-order valence-corrected chi connectivity index (χ3v) is 3.23. The summed E-state index contributed by atoms with van der Waals surface area (Å²) in [6.45, 7) is 4.24. The molecule has 0 aliphatic carbocycles. The van der Waals surface area contributed by atoms with E-state index in [1.165, 1.54) is 11.1 Å². The van der Waals surface area contributed by atoms with E-state index in [0.29, 0.717) is 24.7 Å². The van der Waals surface area contributed by atoms with Gasteiger partial charge in [-0.15, -0.1) is 0 Å². The SMILES string of the molecule is CCCCc1cc(C)ccc1C(=O)[NH][Hf+2].[Br-].[Br-]. The van der Waals surface area contributed by atoms with Crippen LogP contribution in [0.3, 0.4) is 0 Å². The van der Waals surface area contributed by atoms with Gasteiger partial charge in [-0.3, -0.25) is 0 Å². The normalized spacial score (nSPS) is 8.94. The van der Waals surface area contributed by atoms with Crippen LogP contribution in [0.2, 0.25) is 0 Å². The van der Waals surface area contributed by atoms with Crippen molar-refractivity contribution in [3.05, 3.63) is 34.9 Å². The van der Waals surface area contributed by atoms with Gasteiger partial charge in [0, 0.05) is 0 Å². The van der Waals surface area contributed by atoms with Gasteiger partial charge in [-0.25, -0.2) is 0 Å². The van der Waals surface area contributed by atoms with Gasteiger partial charge in [0.15, 0.2) is 0 Å². The van der Waals surface area contributed by atoms with Crippen LogP contribution in [0.5, 0.6) is 0 Å². The minimum absolute atomic E-state index is 0. The number of hydrogen-bond acceptors (Lipinski definition) is 1. The van der Waals surface area contributed by atoms with Gasteiger partial charge >= 0.3 is 107 Å². The first-order valence-electron chi connectivity index (χ1n) is 5.25. The second-order valence-electron chi connectivity index (χ2n) is 3.72. The molecular weight excluding hydrogens is 512 g/mol. The van der Waals surface area contributed by atoms with Crippen molar-refractivity contribution < 1.29 is 63.4 Å². The zero-order valence-electron chi connectivity index (χ0n) is 10.0. The van der Waals surface area contributed by atoms with E-state index in [9.17, 15) is 4.79 Å². The second kappa shape index (κ2) is 10.4. The largest absolute Gasteiger partial charge is 1.00 e. The molecule has 0 bridgehead atoms. The molecule has 93 valence electrons. The Kier molecular flexibility index (Phi) is 12.2. The van der Waals surface area contributed by atoms with Gasteiger partial charge in [0.05, 0.1) is 0 Å². The summed E-state index contributed by atoms with van der Waals surface area (Å²) in [6.07, 6.45) is 3.31. The zero-order valence-corrected chi connectivity index (χ0v) is 16.8. The Morgan fingerprint density at radius 3 is 2.53 bits per heavy atom. The molecule has 5 heteroatoms. The van der Waals surface area contributed by atoms with E-state index < -0.39 is 0 Å². The molecule has 0 radical (unpaired) electrons. The number of aryl methyl sites for hydroxylation is 2. The van der Waals surface area contributed by atoms with Crippen molar-refractivity contribution in [3.63, 3.8) is 0 Å². The number of unbranched alkanes of at least 4 members (excludes halogenated alkanes) is 1. The molecule has 1 amide bonds. The molecule has 1 rings (SSSR count). The molecular formula is C12H16Br2HfNO. The fraction of sp³-hybridized carbons (Fsp3) is 0.417. The maximum atomic E-state index is 11.6. The van der Waals surface area contributed by atoms with Gasteiger partial charge in [-0.1, -0.05) is 0 Å². The van der Waals surface area contributed by atoms with Crippen LogP contribution in [-0.2, 0) is 31.1 Å². The Morgan fingerprint density at radius 2 is 2.00 bits per heavy atom. The van der Waals surface area contributed by atoms with Gasteiger partial charge in [-0.05, 0) is 0 Å². The number of benzene rings is 1. The molecule has 2 nitrogen and oxygen atoms in total. The molecule has 17 heavy (non-hydrogen) atoms. The molecule has 0 unspecified atom stereocenters. The van der Waals surface area contributed by atoms with E-state index in [0.717, 1.165) is 24.8 Å². The average molecular weight is 529 g/mol. The van der Waals surface area contributed by atoms with Crippen LogP contribution < -0.4 is 37.3 Å². The first-order valence-corrected chi connectivity index (χ1v) is 7.05. The van der Waals surface area contributed by atoms with E-state index in [2.05, 4.69) is 23.2 Å². The summed E-state index contributed by atoms with van der Waals surface area (Å²) in [5.74, 6) is 0.0766. The van der Waals surface area contributed by atoms with Crippen LogP contribution in [0.25, 0.3) is 0 Å². The average Bonchev–Trinajstić information content (AvgIpc) is 2.25. The monoisotopic (exact) mass is 528 g/mol. The van der Waals surface area contributed by atoms with Crippen LogP contribution in [-0.4, -0.2) is 5.91 Å². The predicted molar refractivity (Wildman–Crippen MR) is 57.3 cm³/mol. The molecule has 1 N–H and O–H groups in total. The molecule has 1 aromatic carbocycles. The second-order valence-corrected chi connectivity index (χ2v) is 4.62. The fourth-order valence-electron chi connectivity index (χ4n) is 1.59. The predicted octanol–water partition coefficient (Wildman–Crippen LogP) is -3.46. The van der Waals surface area contributed by atoms with Gasteiger partial charge in [-0.2, -0.15) is 0 Å². The summed E-state index contributed by atoms with van der Waals surface area (Å²) in [7, 11) is 0. The summed E-state index contributed by atoms with van der Waals surface area (Å²) in [5.41, 5.74) is 3.26. The molecule has 0 saturated heterocycles. The Bertz CT molecular complexity index is 358. The topological polar surface area (TPSA) is 29.1 Å². The van der Waals surface area contributed by atoms with Crippen LogP contribution >= 0.6 is 0 Å². The molecule has 0 saturated carbocycles. The molecule has 0 aliphatic heterocycles. The summed E-state index contributed by atoms with van der Waals surface area (Å²) in [6, 6.07) is 6.07. The number of nitrogens with one attached hydrogen (secondary N) is 1. The standard InChI is InChI=1S/C12H17NO.2BrH.Hf/c1-3-4-5-10-8-9(2)6-7-11(10)12(13)14;;;/h6-8H,3-5H2,1-2H3,(H2,13,14);2*1H;/q;;;+3/p-3. The van der Waals surface area contributed by atoms with Crippen molar-refractivity contribution in [2.24, 2.45) is 0 Å². The van der Waals surface area contributed by atoms with Crippen LogP contribution in [0.1, 0.15) is 41.3 Å². The van der Waals surface area contributed by atoms with E-state index in [4.69, 9.17) is 0 Å². The maximum absolute atomic E-state index is 11.6. The van der Waals surface area contributed by atoms with Gasteiger partial charge in [0.1, 0.15) is 0 Å². The first kappa shape index (κ1) is 19.9. The molecule has 0 aliphatic rings. The number of amides is 1. The summed E-state index contributed by atoms with van der Waals surface area (Å²) < 4.78 is 2.82. The molecule has 0 heterocycles. The number of carbonyl (C=O) groups excluding carboxylic acids is 1. The number of carbonyl (C=O) groups is 1. The Balaban J connectivity index is 0. The van der Waals surface area contributed by atoms with Crippen molar-refractivity contribution in [2.75, 3.05) is 0 Å². The van der Waals surface area contributed by atoms with E-state index in [1.54, 1.807) is 0 Å². The zero-order chi connectivity index (χ0) is 11.3. The smallest absolute Gasteiger partial charge is 1.00 e. The molecule has 0 fully saturated rings. The fourth-order valence-corrected chi connectivity index (χ4v) is 2.07. The van der Waals surface area contributed by atoms with E-state index >= 15 is 0 Å². The van der Waals surface area contributed by atoms with E-state index in [-0.39, 0.29) is 39.9 Å². The quantitative estimate of drug-likeness (QED) is 0.405. The molecule has 0 atom stereocenters. The van der Waals surface area contributed by atoms with Crippen LogP contribution in [0.4, 0.5) is 0 Å². The Morgan fingerprint density at radius 1 is 1.35 bits per heavy atom. The molecule has 0 aromatic heterocycles. The molecule has 1 aromatic rings. The number of hydrogen-bond donors (Lipinski definition) is 1. The van der Waals surface area contributed by atoms with E-state index in [1.807, 2.05) is 12.1 Å². The van der Waals surface area contributed by atoms with Crippen LogP contribution in [0.15, 0.2) is 18.2 Å². The van der Waals surface area contributed by atoms with Crippen molar-refractivity contribution in [1.29, 1.82) is 0 Å². The summed E-state index contributed by atoms with van der Waals surface area (Å²) >= 11 is 0.709. The first-order chi connectivity index (χ1) is 7.19. The minimum Gasteiger partial charge on any atom is -1.00 e. The van der Waals surface area contributed by atoms with Crippen molar-refractivity contribution in [2.45, 2.75) is 33.1 Å². The number of rotatable bonds is 4. The van der Waals surface area contributed by atoms with Gasteiger partial charge in [0.25, 0.3) is 0 Å². The van der Waals surface area contributed by atoms with Gasteiger partial charge in [0.2, 0.25) is 0 Å². The third-order valence-electron chi connectivity index (χ3n) is 2.42. The Labute approximate surface area is 139 Å². The van der Waals surface area contributed by atoms with Gasteiger partial charge < -0.3 is 34.0 Å². The summed E-state index contributed by atoms with van der Waals surface area (Å²) in [4.78, 5) is 11.6. The Hall–Kier alpha value is 0.520. The molecule has 0 spiro atoms. The van der Waals surface area contributed by atoms with Crippen molar-refractivity contribution in [1.82, 2.24) is 3.30 Å². The third kappa shape index (κ3) is 6.30. The number of halogens is 2. The van der Waals surface area contributed by atoms with Crippen LogP contribution in [0, 0.1) is 6.92 Å². The summed E-state index contributed by atoms with van der Waals surface area (Å²) in [5, 5.41) is 0. The van der Waals surface area contributed by atoms with Crippen molar-refractivity contribution in [3.8, 4) is 0 Å². The maximum Gasteiger partial charge on any atom is -1.00 e. The minimum atomic E-state index is 0. The van der Waals surface area contributed by atoms with Crippen molar-refractivity contribution >= 4 is 5.91 Å².